The van der Waals surface area contributed by atoms with Crippen LogP contribution in [0.1, 0.15) is 21.5 Å². The van der Waals surface area contributed by atoms with E-state index >= 15 is 0 Å². The SMILES string of the molecule is Cc1ccc(-c2cc(C(=O)Nc3ccccc3F)c3cc(F)ccc3n2)cc1C. The van der Waals surface area contributed by atoms with Gasteiger partial charge in [0.2, 0.25) is 0 Å². The number of nitrogens with one attached hydrogen (secondary N) is 1. The van der Waals surface area contributed by atoms with Crippen LogP contribution in [0.15, 0.2) is 66.7 Å². The third-order valence-corrected chi connectivity index (χ3v) is 4.94. The van der Waals surface area contributed by atoms with Crippen LogP contribution >= 0.6 is 0 Å². The van der Waals surface area contributed by atoms with Gasteiger partial charge in [0.15, 0.2) is 0 Å². The molecule has 1 N–H and O–H groups in total. The summed E-state index contributed by atoms with van der Waals surface area (Å²) in [7, 11) is 0. The lowest BCUT2D eigenvalue weighted by atomic mass is 10.0. The van der Waals surface area contributed by atoms with Gasteiger partial charge in [-0.15, -0.1) is 0 Å². The summed E-state index contributed by atoms with van der Waals surface area (Å²) < 4.78 is 27.9. The molecule has 0 spiro atoms. The Balaban J connectivity index is 1.86. The molecule has 5 heteroatoms. The first-order valence-electron chi connectivity index (χ1n) is 9.16. The molecule has 3 aromatic carbocycles. The Labute approximate surface area is 167 Å². The molecular formula is C24H18F2N2O. The summed E-state index contributed by atoms with van der Waals surface area (Å²) in [5.41, 5.74) is 4.46. The highest BCUT2D eigenvalue weighted by atomic mass is 19.1. The van der Waals surface area contributed by atoms with E-state index in [1.807, 2.05) is 32.0 Å². The maximum atomic E-state index is 14.0. The van der Waals surface area contributed by atoms with Gasteiger partial charge in [-0.1, -0.05) is 24.3 Å². The van der Waals surface area contributed by atoms with E-state index in [-0.39, 0.29) is 11.3 Å². The number of hydrogen-bond acceptors (Lipinski definition) is 2. The molecule has 0 saturated carbocycles. The number of carbonyl (C=O) groups is 1. The number of amides is 1. The van der Waals surface area contributed by atoms with Crippen molar-refractivity contribution in [1.82, 2.24) is 4.98 Å². The molecule has 1 amide bonds. The summed E-state index contributed by atoms with van der Waals surface area (Å²) in [4.78, 5) is 17.6. The van der Waals surface area contributed by atoms with E-state index in [0.29, 0.717) is 16.6 Å². The van der Waals surface area contributed by atoms with Crippen LogP contribution in [-0.2, 0) is 0 Å². The molecule has 0 bridgehead atoms. The lowest BCUT2D eigenvalue weighted by molar-refractivity contribution is 0.102. The van der Waals surface area contributed by atoms with Crippen molar-refractivity contribution in [3.63, 3.8) is 0 Å². The van der Waals surface area contributed by atoms with Crippen LogP contribution in [0.25, 0.3) is 22.2 Å². The second kappa shape index (κ2) is 7.43. The normalized spacial score (nSPS) is 10.9. The molecule has 0 radical (unpaired) electrons. The summed E-state index contributed by atoms with van der Waals surface area (Å²) in [6.07, 6.45) is 0. The second-order valence-electron chi connectivity index (χ2n) is 6.95. The number of aromatic nitrogens is 1. The third-order valence-electron chi connectivity index (χ3n) is 4.94. The average Bonchev–Trinajstić information content (AvgIpc) is 2.71. The van der Waals surface area contributed by atoms with E-state index in [4.69, 9.17) is 0 Å². The van der Waals surface area contributed by atoms with Gasteiger partial charge < -0.3 is 5.32 Å². The number of para-hydroxylation sites is 1. The molecule has 0 saturated heterocycles. The molecule has 0 atom stereocenters. The maximum Gasteiger partial charge on any atom is 0.256 e. The molecule has 1 aromatic heterocycles. The molecule has 29 heavy (non-hydrogen) atoms. The van der Waals surface area contributed by atoms with Crippen molar-refractivity contribution in [3.8, 4) is 11.3 Å². The summed E-state index contributed by atoms with van der Waals surface area (Å²) in [5.74, 6) is -1.55. The molecule has 144 valence electrons. The Kier molecular flexibility index (Phi) is 4.80. The first-order chi connectivity index (χ1) is 13.9. The molecule has 1 heterocycles. The maximum absolute atomic E-state index is 14.0. The zero-order valence-corrected chi connectivity index (χ0v) is 16.0. The summed E-state index contributed by atoms with van der Waals surface area (Å²) in [5, 5.41) is 2.94. The smallest absolute Gasteiger partial charge is 0.256 e. The predicted molar refractivity (Wildman–Crippen MR) is 111 cm³/mol. The molecule has 3 nitrogen and oxygen atoms in total. The summed E-state index contributed by atoms with van der Waals surface area (Å²) in [6.45, 7) is 4.02. The van der Waals surface area contributed by atoms with Crippen molar-refractivity contribution in [3.05, 3.63) is 95.1 Å². The van der Waals surface area contributed by atoms with Crippen molar-refractivity contribution in [2.24, 2.45) is 0 Å². The van der Waals surface area contributed by atoms with Gasteiger partial charge >= 0.3 is 0 Å². The van der Waals surface area contributed by atoms with Crippen LogP contribution in [0.2, 0.25) is 0 Å². The molecule has 0 aliphatic rings. The summed E-state index contributed by atoms with van der Waals surface area (Å²) >= 11 is 0. The fourth-order valence-corrected chi connectivity index (χ4v) is 3.19. The number of rotatable bonds is 3. The largest absolute Gasteiger partial charge is 0.319 e. The van der Waals surface area contributed by atoms with E-state index in [2.05, 4.69) is 10.3 Å². The Bertz CT molecular complexity index is 1250. The topological polar surface area (TPSA) is 42.0 Å². The Morgan fingerprint density at radius 2 is 1.69 bits per heavy atom. The zero-order chi connectivity index (χ0) is 20.5. The number of nitrogens with zero attached hydrogens (tertiary/aromatic N) is 1. The first kappa shape index (κ1) is 18.7. The highest BCUT2D eigenvalue weighted by Gasteiger charge is 2.16. The van der Waals surface area contributed by atoms with Crippen molar-refractivity contribution < 1.29 is 13.6 Å². The quantitative estimate of drug-likeness (QED) is 0.464. The molecule has 0 unspecified atom stereocenters. The van der Waals surface area contributed by atoms with Gasteiger partial charge in [-0.05, 0) is 67.4 Å². The molecular weight excluding hydrogens is 370 g/mol. The molecule has 4 aromatic rings. The van der Waals surface area contributed by atoms with Gasteiger partial charge in [0.25, 0.3) is 5.91 Å². The van der Waals surface area contributed by atoms with Gasteiger partial charge in [-0.25, -0.2) is 13.8 Å². The fourth-order valence-electron chi connectivity index (χ4n) is 3.19. The highest BCUT2D eigenvalue weighted by molar-refractivity contribution is 6.13. The number of anilines is 1. The van der Waals surface area contributed by atoms with Crippen LogP contribution in [-0.4, -0.2) is 10.9 Å². The van der Waals surface area contributed by atoms with Crippen LogP contribution < -0.4 is 5.32 Å². The minimum atomic E-state index is -0.542. The Hall–Kier alpha value is -3.60. The lowest BCUT2D eigenvalue weighted by Gasteiger charge is -2.12. The average molecular weight is 388 g/mol. The van der Waals surface area contributed by atoms with E-state index in [1.165, 1.54) is 30.3 Å². The van der Waals surface area contributed by atoms with Gasteiger partial charge in [0.05, 0.1) is 22.5 Å². The standard InChI is InChI=1S/C24H18F2N2O/c1-14-7-8-16(11-15(14)2)23-13-19(18-12-17(25)9-10-21(18)27-23)24(29)28-22-6-4-3-5-20(22)26/h3-13H,1-2H3,(H,28,29). The zero-order valence-electron chi connectivity index (χ0n) is 16.0. The third kappa shape index (κ3) is 3.72. The minimum absolute atomic E-state index is 0.0617. The van der Waals surface area contributed by atoms with Crippen LogP contribution in [0, 0.1) is 25.5 Å². The number of halogens is 2. The van der Waals surface area contributed by atoms with Crippen molar-refractivity contribution >= 4 is 22.5 Å². The van der Waals surface area contributed by atoms with Crippen LogP contribution in [0.4, 0.5) is 14.5 Å². The minimum Gasteiger partial charge on any atom is -0.319 e. The number of fused-ring (bicyclic) bond motifs is 1. The van der Waals surface area contributed by atoms with Gasteiger partial charge in [-0.2, -0.15) is 0 Å². The predicted octanol–water partition coefficient (Wildman–Crippen LogP) is 6.05. The molecule has 0 fully saturated rings. The molecule has 0 aliphatic heterocycles. The number of aryl methyl sites for hydroxylation is 2. The van der Waals surface area contributed by atoms with E-state index in [9.17, 15) is 13.6 Å². The number of benzene rings is 3. The fraction of sp³-hybridized carbons (Fsp3) is 0.0833. The van der Waals surface area contributed by atoms with Crippen LogP contribution in [0.5, 0.6) is 0 Å². The first-order valence-corrected chi connectivity index (χ1v) is 9.16. The second-order valence-corrected chi connectivity index (χ2v) is 6.95. The summed E-state index contributed by atoms with van der Waals surface area (Å²) in [6, 6.07) is 17.5. The number of carbonyl (C=O) groups excluding carboxylic acids is 1. The monoisotopic (exact) mass is 388 g/mol. The highest BCUT2D eigenvalue weighted by Crippen LogP contribution is 2.28. The number of hydrogen-bond donors (Lipinski definition) is 1. The Morgan fingerprint density at radius 3 is 2.45 bits per heavy atom. The molecule has 4 rings (SSSR count). The van der Waals surface area contributed by atoms with Gasteiger partial charge in [0.1, 0.15) is 11.6 Å². The van der Waals surface area contributed by atoms with Crippen LogP contribution in [0.3, 0.4) is 0 Å². The van der Waals surface area contributed by atoms with Gasteiger partial charge in [-0.3, -0.25) is 4.79 Å². The Morgan fingerprint density at radius 1 is 0.897 bits per heavy atom. The van der Waals surface area contributed by atoms with E-state index < -0.39 is 17.5 Å². The van der Waals surface area contributed by atoms with Gasteiger partial charge in [0, 0.05) is 10.9 Å². The molecule has 0 aliphatic carbocycles. The van der Waals surface area contributed by atoms with Crippen molar-refractivity contribution in [2.45, 2.75) is 13.8 Å². The lowest BCUT2D eigenvalue weighted by Crippen LogP contribution is -2.14. The van der Waals surface area contributed by atoms with Crippen molar-refractivity contribution in [2.75, 3.05) is 5.32 Å². The van der Waals surface area contributed by atoms with E-state index in [1.54, 1.807) is 18.2 Å². The number of pyridine rings is 1. The van der Waals surface area contributed by atoms with E-state index in [0.717, 1.165) is 16.7 Å². The van der Waals surface area contributed by atoms with Crippen molar-refractivity contribution in [1.29, 1.82) is 0 Å².